The number of benzene rings is 1. The number of hydrogen-bond donors (Lipinski definition) is 1. The molecule has 1 aliphatic rings. The van der Waals surface area contributed by atoms with Crippen LogP contribution in [0.2, 0.25) is 5.02 Å². The van der Waals surface area contributed by atoms with E-state index >= 15 is 0 Å². The third-order valence-electron chi connectivity index (χ3n) is 2.15. The third-order valence-corrected chi connectivity index (χ3v) is 2.52. The number of cyclic esters (lactones) is 1. The molecule has 1 aromatic carbocycles. The zero-order valence-corrected chi connectivity index (χ0v) is 8.25. The summed E-state index contributed by atoms with van der Waals surface area (Å²) in [5.74, 6) is 0. The van der Waals surface area contributed by atoms with Crippen LogP contribution in [-0.2, 0) is 11.2 Å². The van der Waals surface area contributed by atoms with Crippen molar-refractivity contribution in [3.8, 4) is 0 Å². The second-order valence-corrected chi connectivity index (χ2v) is 3.61. The SMILES string of the molecule is O=C1NC[C@@H](Cc2ccccc2Cl)O1. The summed E-state index contributed by atoms with van der Waals surface area (Å²) in [6.45, 7) is 0.560. The Morgan fingerprint density at radius 3 is 2.93 bits per heavy atom. The summed E-state index contributed by atoms with van der Waals surface area (Å²) in [6.07, 6.45) is 0.225. The van der Waals surface area contributed by atoms with Crippen molar-refractivity contribution in [1.29, 1.82) is 0 Å². The maximum absolute atomic E-state index is 10.8. The maximum Gasteiger partial charge on any atom is 0.407 e. The minimum Gasteiger partial charge on any atom is -0.444 e. The van der Waals surface area contributed by atoms with Crippen LogP contribution in [0.1, 0.15) is 5.56 Å². The molecule has 3 nitrogen and oxygen atoms in total. The molecule has 1 saturated heterocycles. The molecule has 2 rings (SSSR count). The van der Waals surface area contributed by atoms with E-state index in [1.807, 2.05) is 24.3 Å². The highest BCUT2D eigenvalue weighted by Gasteiger charge is 2.22. The predicted octanol–water partition coefficient (Wildman–Crippen LogP) is 1.99. The largest absolute Gasteiger partial charge is 0.444 e. The van der Waals surface area contributed by atoms with Crippen LogP contribution in [0.15, 0.2) is 24.3 Å². The Morgan fingerprint density at radius 1 is 1.50 bits per heavy atom. The Balaban J connectivity index is 2.04. The molecule has 14 heavy (non-hydrogen) atoms. The number of nitrogens with one attached hydrogen (secondary N) is 1. The number of halogens is 1. The van der Waals surface area contributed by atoms with E-state index in [0.717, 1.165) is 10.6 Å². The molecule has 1 atom stereocenters. The molecule has 4 heteroatoms. The monoisotopic (exact) mass is 211 g/mol. The summed E-state index contributed by atoms with van der Waals surface area (Å²) in [4.78, 5) is 10.8. The fourth-order valence-corrected chi connectivity index (χ4v) is 1.67. The van der Waals surface area contributed by atoms with Crippen molar-refractivity contribution in [1.82, 2.24) is 5.32 Å². The average Bonchev–Trinajstić information content (AvgIpc) is 2.56. The van der Waals surface area contributed by atoms with Crippen molar-refractivity contribution in [3.63, 3.8) is 0 Å². The topological polar surface area (TPSA) is 38.3 Å². The van der Waals surface area contributed by atoms with E-state index in [9.17, 15) is 4.79 Å². The normalized spacial score (nSPS) is 20.4. The van der Waals surface area contributed by atoms with Crippen LogP contribution < -0.4 is 5.32 Å². The molecule has 0 spiro atoms. The van der Waals surface area contributed by atoms with E-state index in [2.05, 4.69) is 5.32 Å². The number of hydrogen-bond acceptors (Lipinski definition) is 2. The van der Waals surface area contributed by atoms with Gasteiger partial charge in [0.05, 0.1) is 6.54 Å². The molecule has 0 aliphatic carbocycles. The summed E-state index contributed by atoms with van der Waals surface area (Å²) in [7, 11) is 0. The number of carbonyl (C=O) groups excluding carboxylic acids is 1. The first-order chi connectivity index (χ1) is 6.75. The van der Waals surface area contributed by atoms with Crippen LogP contribution in [-0.4, -0.2) is 18.7 Å². The Morgan fingerprint density at radius 2 is 2.29 bits per heavy atom. The number of carbonyl (C=O) groups is 1. The quantitative estimate of drug-likeness (QED) is 0.813. The summed E-state index contributed by atoms with van der Waals surface area (Å²) in [5, 5.41) is 3.32. The molecule has 1 heterocycles. The van der Waals surface area contributed by atoms with Crippen molar-refractivity contribution in [3.05, 3.63) is 34.9 Å². The van der Waals surface area contributed by atoms with Crippen LogP contribution in [0.4, 0.5) is 4.79 Å². The second kappa shape index (κ2) is 3.88. The number of alkyl carbamates (subject to hydrolysis) is 1. The van der Waals surface area contributed by atoms with Crippen LogP contribution >= 0.6 is 11.6 Å². The summed E-state index contributed by atoms with van der Waals surface area (Å²) < 4.78 is 5.01. The van der Waals surface area contributed by atoms with Crippen molar-refractivity contribution >= 4 is 17.7 Å². The molecule has 0 unspecified atom stereocenters. The summed E-state index contributed by atoms with van der Waals surface area (Å²) >= 11 is 5.98. The average molecular weight is 212 g/mol. The van der Waals surface area contributed by atoms with Gasteiger partial charge in [-0.05, 0) is 11.6 Å². The first kappa shape index (κ1) is 9.34. The molecule has 1 aromatic rings. The molecule has 1 aliphatic heterocycles. The van der Waals surface area contributed by atoms with E-state index in [0.29, 0.717) is 13.0 Å². The Bertz CT molecular complexity index is 354. The van der Waals surface area contributed by atoms with Crippen LogP contribution in [0, 0.1) is 0 Å². The van der Waals surface area contributed by atoms with Gasteiger partial charge >= 0.3 is 6.09 Å². The molecular formula is C10H10ClNO2. The summed E-state index contributed by atoms with van der Waals surface area (Å²) in [5.41, 5.74) is 1.01. The lowest BCUT2D eigenvalue weighted by molar-refractivity contribution is 0.140. The van der Waals surface area contributed by atoms with Gasteiger partial charge in [0.15, 0.2) is 0 Å². The zero-order chi connectivity index (χ0) is 9.97. The van der Waals surface area contributed by atoms with Gasteiger partial charge in [0.2, 0.25) is 0 Å². The van der Waals surface area contributed by atoms with Gasteiger partial charge in [0.1, 0.15) is 6.10 Å². The highest BCUT2D eigenvalue weighted by Crippen LogP contribution is 2.18. The second-order valence-electron chi connectivity index (χ2n) is 3.20. The molecule has 0 aromatic heterocycles. The van der Waals surface area contributed by atoms with Gasteiger partial charge in [-0.15, -0.1) is 0 Å². The van der Waals surface area contributed by atoms with Crippen molar-refractivity contribution in [2.24, 2.45) is 0 Å². The molecule has 0 bridgehead atoms. The molecule has 0 radical (unpaired) electrons. The molecular weight excluding hydrogens is 202 g/mol. The Hall–Kier alpha value is -1.22. The Kier molecular flexibility index (Phi) is 2.59. The zero-order valence-electron chi connectivity index (χ0n) is 7.50. The standard InChI is InChI=1S/C10H10ClNO2/c11-9-4-2-1-3-7(9)5-8-6-12-10(13)14-8/h1-4,8H,5-6H2,(H,12,13)/t8-/m1/s1. The molecule has 1 amide bonds. The van der Waals surface area contributed by atoms with Crippen molar-refractivity contribution < 1.29 is 9.53 Å². The van der Waals surface area contributed by atoms with E-state index in [1.54, 1.807) is 0 Å². The van der Waals surface area contributed by atoms with Crippen LogP contribution in [0.3, 0.4) is 0 Å². The number of ether oxygens (including phenoxy) is 1. The van der Waals surface area contributed by atoms with E-state index < -0.39 is 0 Å². The van der Waals surface area contributed by atoms with Crippen molar-refractivity contribution in [2.45, 2.75) is 12.5 Å². The van der Waals surface area contributed by atoms with Gasteiger partial charge in [0, 0.05) is 11.4 Å². The fourth-order valence-electron chi connectivity index (χ4n) is 1.45. The van der Waals surface area contributed by atoms with E-state index in [1.165, 1.54) is 0 Å². The Labute approximate surface area is 87.0 Å². The van der Waals surface area contributed by atoms with Gasteiger partial charge in [0.25, 0.3) is 0 Å². The minimum absolute atomic E-state index is 0.0950. The first-order valence-electron chi connectivity index (χ1n) is 4.43. The minimum atomic E-state index is -0.345. The third kappa shape index (κ3) is 1.99. The summed E-state index contributed by atoms with van der Waals surface area (Å²) in [6, 6.07) is 7.58. The molecule has 1 fully saturated rings. The fraction of sp³-hybridized carbons (Fsp3) is 0.300. The highest BCUT2D eigenvalue weighted by atomic mass is 35.5. The van der Waals surface area contributed by atoms with Gasteiger partial charge in [-0.3, -0.25) is 0 Å². The predicted molar refractivity (Wildman–Crippen MR) is 53.4 cm³/mol. The van der Waals surface area contributed by atoms with Gasteiger partial charge in [-0.2, -0.15) is 0 Å². The smallest absolute Gasteiger partial charge is 0.407 e. The van der Waals surface area contributed by atoms with Gasteiger partial charge in [-0.25, -0.2) is 4.79 Å². The van der Waals surface area contributed by atoms with Crippen molar-refractivity contribution in [2.75, 3.05) is 6.54 Å². The number of rotatable bonds is 2. The van der Waals surface area contributed by atoms with Gasteiger partial charge < -0.3 is 10.1 Å². The van der Waals surface area contributed by atoms with Gasteiger partial charge in [-0.1, -0.05) is 29.8 Å². The van der Waals surface area contributed by atoms with E-state index in [-0.39, 0.29) is 12.2 Å². The van der Waals surface area contributed by atoms with Crippen LogP contribution in [0.25, 0.3) is 0 Å². The highest BCUT2D eigenvalue weighted by molar-refractivity contribution is 6.31. The lowest BCUT2D eigenvalue weighted by Gasteiger charge is -2.08. The molecule has 0 saturated carbocycles. The first-order valence-corrected chi connectivity index (χ1v) is 4.81. The van der Waals surface area contributed by atoms with E-state index in [4.69, 9.17) is 16.3 Å². The molecule has 1 N–H and O–H groups in total. The maximum atomic E-state index is 10.8. The lowest BCUT2D eigenvalue weighted by Crippen LogP contribution is -2.17. The van der Waals surface area contributed by atoms with Crippen LogP contribution in [0.5, 0.6) is 0 Å². The number of amides is 1. The lowest BCUT2D eigenvalue weighted by atomic mass is 10.1. The molecule has 74 valence electrons.